The number of nitrogens with zero attached hydrogens (tertiary/aromatic N) is 1. The van der Waals surface area contributed by atoms with Crippen LogP contribution in [0.3, 0.4) is 0 Å². The van der Waals surface area contributed by atoms with Gasteiger partial charge in [-0.05, 0) is 60.9 Å². The highest BCUT2D eigenvalue weighted by Gasteiger charge is 2.14. The summed E-state index contributed by atoms with van der Waals surface area (Å²) in [5.41, 5.74) is 1.32. The average molecular weight is 457 g/mol. The van der Waals surface area contributed by atoms with Gasteiger partial charge >= 0.3 is 5.97 Å². The summed E-state index contributed by atoms with van der Waals surface area (Å²) in [6.45, 7) is 4.04. The summed E-state index contributed by atoms with van der Waals surface area (Å²) >= 11 is 5.91. The fourth-order valence-corrected chi connectivity index (χ4v) is 2.94. The third kappa shape index (κ3) is 7.33. The second-order valence-electron chi connectivity index (χ2n) is 6.86. The Morgan fingerprint density at radius 1 is 1.16 bits per heavy atom. The topological polar surface area (TPSA) is 97.7 Å². The van der Waals surface area contributed by atoms with Crippen LogP contribution in [-0.2, 0) is 9.59 Å². The van der Waals surface area contributed by atoms with E-state index in [4.69, 9.17) is 25.8 Å². The molecule has 32 heavy (non-hydrogen) atoms. The van der Waals surface area contributed by atoms with Crippen molar-refractivity contribution in [3.8, 4) is 23.3 Å². The van der Waals surface area contributed by atoms with E-state index in [2.05, 4.69) is 5.32 Å². The molecule has 0 saturated heterocycles. The Morgan fingerprint density at radius 3 is 2.56 bits per heavy atom. The fraction of sp³-hybridized carbons (Fsp3) is 0.292. The third-order valence-corrected chi connectivity index (χ3v) is 4.62. The van der Waals surface area contributed by atoms with E-state index in [9.17, 15) is 14.9 Å². The molecule has 2 rings (SSSR count). The molecule has 1 amide bonds. The first-order valence-electron chi connectivity index (χ1n) is 10.1. The Kier molecular flexibility index (Phi) is 9.58. The van der Waals surface area contributed by atoms with Crippen molar-refractivity contribution in [1.82, 2.24) is 5.32 Å². The van der Waals surface area contributed by atoms with Gasteiger partial charge in [-0.2, -0.15) is 5.26 Å². The standard InChI is InChI=1S/C24H25ClN2O5/c1-4-5-10-27-24(29)18(14-26)12-17-6-8-21(22(13-17)30-3)32-23(28)15-31-20-9-7-19(25)11-16(20)2/h6-9,11-13H,4-5,10,15H2,1-3H3,(H,27,29)/b18-12+. The maximum Gasteiger partial charge on any atom is 0.349 e. The van der Waals surface area contributed by atoms with Crippen LogP contribution < -0.4 is 19.5 Å². The molecule has 2 aromatic carbocycles. The van der Waals surface area contributed by atoms with Crippen molar-refractivity contribution < 1.29 is 23.8 Å². The number of ether oxygens (including phenoxy) is 3. The Balaban J connectivity index is 2.06. The molecular formula is C24H25ClN2O5. The number of nitriles is 1. The van der Waals surface area contributed by atoms with Gasteiger partial charge in [0.25, 0.3) is 5.91 Å². The lowest BCUT2D eigenvalue weighted by Crippen LogP contribution is -2.25. The van der Waals surface area contributed by atoms with Crippen LogP contribution in [0.5, 0.6) is 17.2 Å². The van der Waals surface area contributed by atoms with Crippen LogP contribution in [-0.4, -0.2) is 32.1 Å². The quantitative estimate of drug-likeness (QED) is 0.186. The first kappa shape index (κ1) is 24.8. The molecule has 2 aromatic rings. The number of carbonyl (C=O) groups is 2. The van der Waals surface area contributed by atoms with Gasteiger partial charge in [0.1, 0.15) is 17.4 Å². The van der Waals surface area contributed by atoms with Gasteiger partial charge in [0.05, 0.1) is 7.11 Å². The predicted octanol–water partition coefficient (Wildman–Crippen LogP) is 4.46. The first-order chi connectivity index (χ1) is 15.4. The highest BCUT2D eigenvalue weighted by molar-refractivity contribution is 6.30. The van der Waals surface area contributed by atoms with Crippen LogP contribution in [0.4, 0.5) is 0 Å². The van der Waals surface area contributed by atoms with Crippen molar-refractivity contribution in [2.24, 2.45) is 0 Å². The number of benzene rings is 2. The van der Waals surface area contributed by atoms with Crippen molar-refractivity contribution in [3.05, 3.63) is 58.1 Å². The van der Waals surface area contributed by atoms with Crippen molar-refractivity contribution in [3.63, 3.8) is 0 Å². The minimum Gasteiger partial charge on any atom is -0.493 e. The summed E-state index contributed by atoms with van der Waals surface area (Å²) in [6, 6.07) is 11.7. The molecular weight excluding hydrogens is 432 g/mol. The minimum atomic E-state index is -0.617. The number of unbranched alkanes of at least 4 members (excludes halogenated alkanes) is 1. The number of aryl methyl sites for hydroxylation is 1. The lowest BCUT2D eigenvalue weighted by Gasteiger charge is -2.12. The van der Waals surface area contributed by atoms with Crippen LogP contribution in [0.2, 0.25) is 5.02 Å². The number of rotatable bonds is 10. The van der Waals surface area contributed by atoms with Crippen LogP contribution in [0.1, 0.15) is 30.9 Å². The molecule has 0 aromatic heterocycles. The number of halogens is 1. The van der Waals surface area contributed by atoms with Crippen molar-refractivity contribution in [2.45, 2.75) is 26.7 Å². The molecule has 0 aliphatic rings. The molecule has 0 saturated carbocycles. The summed E-state index contributed by atoms with van der Waals surface area (Å²) in [7, 11) is 1.43. The number of hydrogen-bond acceptors (Lipinski definition) is 6. The lowest BCUT2D eigenvalue weighted by molar-refractivity contribution is -0.136. The van der Waals surface area contributed by atoms with Crippen LogP contribution in [0, 0.1) is 18.3 Å². The van der Waals surface area contributed by atoms with Gasteiger partial charge in [0.2, 0.25) is 0 Å². The fourth-order valence-electron chi connectivity index (χ4n) is 2.71. The zero-order chi connectivity index (χ0) is 23.5. The second-order valence-corrected chi connectivity index (χ2v) is 7.30. The first-order valence-corrected chi connectivity index (χ1v) is 10.4. The molecule has 0 radical (unpaired) electrons. The lowest BCUT2D eigenvalue weighted by atomic mass is 10.1. The number of nitrogens with one attached hydrogen (secondary N) is 1. The molecule has 0 heterocycles. The number of carbonyl (C=O) groups excluding carboxylic acids is 2. The summed E-state index contributed by atoms with van der Waals surface area (Å²) in [5, 5.41) is 12.6. The van der Waals surface area contributed by atoms with Gasteiger partial charge in [-0.3, -0.25) is 4.79 Å². The molecule has 0 atom stereocenters. The van der Waals surface area contributed by atoms with Gasteiger partial charge in [-0.1, -0.05) is 31.0 Å². The molecule has 0 spiro atoms. The molecule has 8 heteroatoms. The molecule has 0 bridgehead atoms. The smallest absolute Gasteiger partial charge is 0.349 e. The van der Waals surface area contributed by atoms with E-state index in [1.165, 1.54) is 19.3 Å². The Bertz CT molecular complexity index is 1040. The molecule has 1 N–H and O–H groups in total. The third-order valence-electron chi connectivity index (χ3n) is 4.39. The highest BCUT2D eigenvalue weighted by atomic mass is 35.5. The molecule has 0 fully saturated rings. The number of amides is 1. The summed E-state index contributed by atoms with van der Waals surface area (Å²) in [6.07, 6.45) is 3.22. The van der Waals surface area contributed by atoms with Gasteiger partial charge in [0.15, 0.2) is 18.1 Å². The SMILES string of the molecule is CCCCNC(=O)/C(C#N)=C/c1ccc(OC(=O)COc2ccc(Cl)cc2C)c(OC)c1. The zero-order valence-corrected chi connectivity index (χ0v) is 19.0. The second kappa shape index (κ2) is 12.4. The van der Waals surface area contributed by atoms with Gasteiger partial charge in [-0.25, -0.2) is 4.79 Å². The number of methoxy groups -OCH3 is 1. The maximum atomic E-state index is 12.2. The van der Waals surface area contributed by atoms with Crippen molar-refractivity contribution in [2.75, 3.05) is 20.3 Å². The highest BCUT2D eigenvalue weighted by Crippen LogP contribution is 2.29. The van der Waals surface area contributed by atoms with Crippen molar-refractivity contribution >= 4 is 29.6 Å². The van der Waals surface area contributed by atoms with Crippen LogP contribution in [0.15, 0.2) is 42.0 Å². The van der Waals surface area contributed by atoms with E-state index in [0.29, 0.717) is 22.9 Å². The monoisotopic (exact) mass is 456 g/mol. The van der Waals surface area contributed by atoms with Gasteiger partial charge in [-0.15, -0.1) is 0 Å². The molecule has 7 nitrogen and oxygen atoms in total. The van der Waals surface area contributed by atoms with E-state index in [-0.39, 0.29) is 23.7 Å². The van der Waals surface area contributed by atoms with E-state index in [0.717, 1.165) is 18.4 Å². The largest absolute Gasteiger partial charge is 0.493 e. The van der Waals surface area contributed by atoms with Gasteiger partial charge < -0.3 is 19.5 Å². The Labute approximate surface area is 192 Å². The van der Waals surface area contributed by atoms with E-state index in [1.54, 1.807) is 30.3 Å². The zero-order valence-electron chi connectivity index (χ0n) is 18.2. The Morgan fingerprint density at radius 2 is 1.91 bits per heavy atom. The normalized spacial score (nSPS) is 10.8. The summed E-state index contributed by atoms with van der Waals surface area (Å²) in [4.78, 5) is 24.3. The number of esters is 1. The molecule has 0 aliphatic heterocycles. The minimum absolute atomic E-state index is 0.0281. The molecule has 0 aliphatic carbocycles. The Hall–Kier alpha value is -3.50. The van der Waals surface area contributed by atoms with E-state index >= 15 is 0 Å². The molecule has 0 unspecified atom stereocenters. The van der Waals surface area contributed by atoms with Crippen LogP contribution in [0.25, 0.3) is 6.08 Å². The molecule has 168 valence electrons. The summed E-state index contributed by atoms with van der Waals surface area (Å²) in [5.74, 6) is -0.0606. The maximum absolute atomic E-state index is 12.2. The van der Waals surface area contributed by atoms with Gasteiger partial charge in [0, 0.05) is 11.6 Å². The van der Waals surface area contributed by atoms with Crippen LogP contribution >= 0.6 is 11.6 Å². The number of hydrogen-bond donors (Lipinski definition) is 1. The average Bonchev–Trinajstić information content (AvgIpc) is 2.77. The van der Waals surface area contributed by atoms with E-state index < -0.39 is 11.9 Å². The van der Waals surface area contributed by atoms with E-state index in [1.807, 2.05) is 19.9 Å². The van der Waals surface area contributed by atoms with Crippen molar-refractivity contribution in [1.29, 1.82) is 5.26 Å². The predicted molar refractivity (Wildman–Crippen MR) is 122 cm³/mol. The summed E-state index contributed by atoms with van der Waals surface area (Å²) < 4.78 is 16.1.